The molecule has 10 heteroatoms. The number of amides is 1. The summed E-state index contributed by atoms with van der Waals surface area (Å²) in [6.07, 6.45) is 3.73. The Kier molecular flexibility index (Phi) is 4.54. The molecule has 2 aliphatic rings. The summed E-state index contributed by atoms with van der Waals surface area (Å²) in [5.41, 5.74) is 4.27. The highest BCUT2D eigenvalue weighted by molar-refractivity contribution is 5.92. The molecular weight excluding hydrogens is 422 g/mol. The molecule has 0 saturated carbocycles. The molecule has 0 spiro atoms. The maximum Gasteiger partial charge on any atom is 0.272 e. The Morgan fingerprint density at radius 3 is 3.09 bits per heavy atom. The fourth-order valence-electron chi connectivity index (χ4n) is 4.78. The van der Waals surface area contributed by atoms with Crippen LogP contribution in [0.15, 0.2) is 47.5 Å². The van der Waals surface area contributed by atoms with Gasteiger partial charge in [0, 0.05) is 45.6 Å². The quantitative estimate of drug-likeness (QED) is 0.485. The Morgan fingerprint density at radius 2 is 2.21 bits per heavy atom. The van der Waals surface area contributed by atoms with Gasteiger partial charge in [0.05, 0.1) is 11.6 Å². The van der Waals surface area contributed by atoms with E-state index in [1.807, 2.05) is 35.0 Å². The third-order valence-corrected chi connectivity index (χ3v) is 6.38. The van der Waals surface area contributed by atoms with Crippen LogP contribution in [-0.4, -0.2) is 69.5 Å². The Balaban J connectivity index is 1.20. The first-order valence-electron chi connectivity index (χ1n) is 10.9. The molecule has 0 aliphatic carbocycles. The summed E-state index contributed by atoms with van der Waals surface area (Å²) in [7, 11) is 1.59. The largest absolute Gasteiger partial charge is 0.474 e. The Labute approximate surface area is 188 Å². The molecule has 4 aromatic heterocycles. The summed E-state index contributed by atoms with van der Waals surface area (Å²) < 4.78 is 7.73. The Morgan fingerprint density at radius 1 is 1.30 bits per heavy atom. The van der Waals surface area contributed by atoms with Gasteiger partial charge >= 0.3 is 0 Å². The number of pyridine rings is 2. The van der Waals surface area contributed by atoms with Gasteiger partial charge < -0.3 is 19.9 Å². The number of carbonyl (C=O) groups is 1. The fraction of sp³-hybridized carbons (Fsp3) is 0.304. The highest BCUT2D eigenvalue weighted by Crippen LogP contribution is 2.34. The van der Waals surface area contributed by atoms with Gasteiger partial charge in [0.1, 0.15) is 23.5 Å². The van der Waals surface area contributed by atoms with Crippen LogP contribution in [0.1, 0.15) is 16.1 Å². The third-order valence-electron chi connectivity index (χ3n) is 6.38. The minimum atomic E-state index is -0.226. The second-order valence-corrected chi connectivity index (χ2v) is 8.43. The highest BCUT2D eigenvalue weighted by Gasteiger charge is 2.34. The van der Waals surface area contributed by atoms with Crippen LogP contribution in [0.2, 0.25) is 0 Å². The minimum absolute atomic E-state index is 0.119. The smallest absolute Gasteiger partial charge is 0.272 e. The summed E-state index contributed by atoms with van der Waals surface area (Å²) in [4.78, 5) is 40.8. The van der Waals surface area contributed by atoms with E-state index < -0.39 is 0 Å². The van der Waals surface area contributed by atoms with Crippen LogP contribution in [0.3, 0.4) is 0 Å². The van der Waals surface area contributed by atoms with E-state index in [0.29, 0.717) is 23.7 Å². The number of piperazine rings is 1. The van der Waals surface area contributed by atoms with Crippen LogP contribution in [-0.2, 0) is 6.54 Å². The fourth-order valence-corrected chi connectivity index (χ4v) is 4.78. The Hall–Kier alpha value is -3.92. The lowest BCUT2D eigenvalue weighted by Crippen LogP contribution is -2.57. The lowest BCUT2D eigenvalue weighted by atomic mass is 10.1. The van der Waals surface area contributed by atoms with Crippen molar-refractivity contribution < 1.29 is 9.53 Å². The maximum atomic E-state index is 12.3. The third kappa shape index (κ3) is 3.30. The van der Waals surface area contributed by atoms with Crippen molar-refractivity contribution in [2.75, 3.05) is 38.2 Å². The van der Waals surface area contributed by atoms with E-state index in [4.69, 9.17) is 4.74 Å². The number of aromatic nitrogens is 4. The van der Waals surface area contributed by atoms with Crippen molar-refractivity contribution in [3.8, 4) is 5.88 Å². The molecule has 0 unspecified atom stereocenters. The molecule has 4 aromatic rings. The van der Waals surface area contributed by atoms with Crippen LogP contribution < -0.4 is 20.5 Å². The number of H-pyrrole nitrogens is 1. The predicted octanol–water partition coefficient (Wildman–Crippen LogP) is 1.01. The topological polar surface area (TPSA) is 108 Å². The van der Waals surface area contributed by atoms with Crippen molar-refractivity contribution in [1.29, 1.82) is 0 Å². The number of nitrogens with zero attached hydrogens (tertiary/aromatic N) is 5. The number of hydrogen-bond acceptors (Lipinski definition) is 7. The summed E-state index contributed by atoms with van der Waals surface area (Å²) in [6.45, 7) is 3.80. The van der Waals surface area contributed by atoms with Crippen LogP contribution in [0.5, 0.6) is 5.88 Å². The number of fused-ring (bicyclic) bond motifs is 6. The molecule has 0 aromatic carbocycles. The molecule has 0 radical (unpaired) electrons. The van der Waals surface area contributed by atoms with Crippen molar-refractivity contribution in [3.63, 3.8) is 0 Å². The maximum absolute atomic E-state index is 12.3. The van der Waals surface area contributed by atoms with E-state index in [-0.39, 0.29) is 17.5 Å². The number of carbonyl (C=O) groups excluding carboxylic acids is 1. The molecule has 1 amide bonds. The van der Waals surface area contributed by atoms with E-state index >= 15 is 0 Å². The predicted molar refractivity (Wildman–Crippen MR) is 123 cm³/mol. The normalized spacial score (nSPS) is 18.1. The SMILES string of the molecule is CNC(=O)c1ccc2c(n1)OC[C@H]1CN(Cc3cnc4c(c3)[nH]c(=O)c3cccn34)CCN21. The molecule has 1 saturated heterocycles. The zero-order chi connectivity index (χ0) is 22.5. The number of aromatic amines is 1. The zero-order valence-electron chi connectivity index (χ0n) is 18.1. The molecule has 2 N–H and O–H groups in total. The van der Waals surface area contributed by atoms with E-state index in [2.05, 4.69) is 30.1 Å². The van der Waals surface area contributed by atoms with E-state index in [0.717, 1.165) is 48.6 Å². The molecule has 168 valence electrons. The van der Waals surface area contributed by atoms with Gasteiger partial charge in [-0.1, -0.05) is 0 Å². The second-order valence-electron chi connectivity index (χ2n) is 8.43. The van der Waals surface area contributed by atoms with Gasteiger partial charge in [0.2, 0.25) is 5.88 Å². The van der Waals surface area contributed by atoms with Gasteiger partial charge in [-0.2, -0.15) is 0 Å². The van der Waals surface area contributed by atoms with Crippen LogP contribution in [0, 0.1) is 0 Å². The second kappa shape index (κ2) is 7.59. The standard InChI is InChI=1S/C23H23N7O3/c1-24-21(31)16-4-5-19-23(27-16)33-13-15-12-28(7-8-29(15)19)11-14-9-17-20(25-10-14)30-6-2-3-18(30)22(32)26-17/h2-6,9-10,15H,7-8,11-13H2,1H3,(H,24,31)(H,26,32)/t15-/m1/s1. The van der Waals surface area contributed by atoms with E-state index in [1.54, 1.807) is 19.2 Å². The van der Waals surface area contributed by atoms with Crippen molar-refractivity contribution in [2.45, 2.75) is 12.6 Å². The van der Waals surface area contributed by atoms with Crippen molar-refractivity contribution in [2.24, 2.45) is 0 Å². The van der Waals surface area contributed by atoms with E-state index in [9.17, 15) is 9.59 Å². The summed E-state index contributed by atoms with van der Waals surface area (Å²) in [6, 6.07) is 9.49. The van der Waals surface area contributed by atoms with Crippen molar-refractivity contribution in [1.82, 2.24) is 29.6 Å². The number of hydrogen-bond donors (Lipinski definition) is 2. The molecule has 2 aliphatic heterocycles. The minimum Gasteiger partial charge on any atom is -0.474 e. The van der Waals surface area contributed by atoms with Crippen LogP contribution in [0.4, 0.5) is 5.69 Å². The first kappa shape index (κ1) is 19.7. The number of anilines is 1. The molecule has 10 nitrogen and oxygen atoms in total. The lowest BCUT2D eigenvalue weighted by molar-refractivity contribution is 0.0956. The van der Waals surface area contributed by atoms with Gasteiger partial charge in [-0.25, -0.2) is 9.97 Å². The molecule has 6 rings (SSSR count). The van der Waals surface area contributed by atoms with Crippen molar-refractivity contribution >= 4 is 28.3 Å². The van der Waals surface area contributed by atoms with Gasteiger partial charge in [-0.3, -0.25) is 18.9 Å². The number of nitrogens with one attached hydrogen (secondary N) is 2. The van der Waals surface area contributed by atoms with E-state index in [1.165, 1.54) is 0 Å². The lowest BCUT2D eigenvalue weighted by Gasteiger charge is -2.45. The first-order chi connectivity index (χ1) is 16.1. The van der Waals surface area contributed by atoms with Gasteiger partial charge in [-0.15, -0.1) is 0 Å². The van der Waals surface area contributed by atoms with Gasteiger partial charge in [-0.05, 0) is 35.9 Å². The van der Waals surface area contributed by atoms with Gasteiger partial charge in [0.15, 0.2) is 5.65 Å². The highest BCUT2D eigenvalue weighted by atomic mass is 16.5. The average molecular weight is 445 g/mol. The summed E-state index contributed by atoms with van der Waals surface area (Å²) >= 11 is 0. The van der Waals surface area contributed by atoms with Crippen LogP contribution >= 0.6 is 0 Å². The molecule has 33 heavy (non-hydrogen) atoms. The summed E-state index contributed by atoms with van der Waals surface area (Å²) in [5, 5.41) is 2.59. The molecule has 6 heterocycles. The molecular formula is C23H23N7O3. The zero-order valence-corrected chi connectivity index (χ0v) is 18.1. The monoisotopic (exact) mass is 445 g/mol. The van der Waals surface area contributed by atoms with Gasteiger partial charge in [0.25, 0.3) is 11.5 Å². The number of rotatable bonds is 3. The average Bonchev–Trinajstić information content (AvgIpc) is 3.34. The molecule has 0 bridgehead atoms. The molecule has 1 fully saturated rings. The summed E-state index contributed by atoms with van der Waals surface area (Å²) in [5.74, 6) is 0.288. The first-order valence-corrected chi connectivity index (χ1v) is 10.9. The van der Waals surface area contributed by atoms with Crippen molar-refractivity contribution in [3.05, 3.63) is 64.3 Å². The van der Waals surface area contributed by atoms with Crippen LogP contribution in [0.25, 0.3) is 16.7 Å². The molecule has 1 atom stereocenters. The number of ether oxygens (including phenoxy) is 1. The Bertz CT molecular complexity index is 1440.